The lowest BCUT2D eigenvalue weighted by Crippen LogP contribution is -2.26. The van der Waals surface area contributed by atoms with Crippen LogP contribution in [0.2, 0.25) is 5.02 Å². The maximum absolute atomic E-state index is 12.7. The number of fused-ring (bicyclic) bond motifs is 1. The Balaban J connectivity index is 1.35. The number of para-hydroxylation sites is 2. The topological polar surface area (TPSA) is 93.1 Å². The van der Waals surface area contributed by atoms with Crippen molar-refractivity contribution >= 4 is 44.3 Å². The van der Waals surface area contributed by atoms with E-state index in [0.717, 1.165) is 29.6 Å². The van der Waals surface area contributed by atoms with Gasteiger partial charge in [0.05, 0.1) is 16.1 Å². The van der Waals surface area contributed by atoms with Gasteiger partial charge in [-0.3, -0.25) is 9.36 Å². The number of imidazole rings is 1. The number of benzene rings is 3. The van der Waals surface area contributed by atoms with Crippen molar-refractivity contribution in [2.75, 3.05) is 5.32 Å². The van der Waals surface area contributed by atoms with Crippen LogP contribution in [0.1, 0.15) is 23.2 Å². The molecule has 0 bridgehead atoms. The molecule has 1 aliphatic carbocycles. The molecule has 1 amide bonds. The Kier molecular flexibility index (Phi) is 5.21. The summed E-state index contributed by atoms with van der Waals surface area (Å²) < 4.78 is 29.6. The lowest BCUT2D eigenvalue weighted by molar-refractivity contribution is 0.102. The van der Waals surface area contributed by atoms with Crippen molar-refractivity contribution in [3.63, 3.8) is 0 Å². The number of nitrogens with zero attached hydrogens (tertiary/aromatic N) is 2. The number of halogens is 1. The van der Waals surface area contributed by atoms with Crippen LogP contribution < -0.4 is 10.0 Å². The number of nitrogens with one attached hydrogen (secondary N) is 2. The van der Waals surface area contributed by atoms with Gasteiger partial charge in [-0.25, -0.2) is 18.1 Å². The molecule has 1 fully saturated rings. The Morgan fingerprint density at radius 3 is 2.53 bits per heavy atom. The van der Waals surface area contributed by atoms with Crippen LogP contribution in [0.4, 0.5) is 5.69 Å². The van der Waals surface area contributed by atoms with Gasteiger partial charge in [-0.05, 0) is 67.4 Å². The zero-order valence-corrected chi connectivity index (χ0v) is 18.4. The number of aromatic nitrogens is 2. The molecule has 162 valence electrons. The summed E-state index contributed by atoms with van der Waals surface area (Å²) in [5, 5.41) is 2.87. The Hall–Kier alpha value is -3.20. The van der Waals surface area contributed by atoms with Gasteiger partial charge >= 0.3 is 0 Å². The molecule has 0 atom stereocenters. The van der Waals surface area contributed by atoms with Gasteiger partial charge in [0.2, 0.25) is 10.0 Å². The van der Waals surface area contributed by atoms with Gasteiger partial charge in [0.25, 0.3) is 5.91 Å². The van der Waals surface area contributed by atoms with Crippen LogP contribution in [-0.2, 0) is 10.0 Å². The molecular weight excluding hydrogens is 448 g/mol. The SMILES string of the molecule is O=C(Nc1ccc(-n2cnc3ccccc32)cc1)c1ccc(Cl)c(S(=O)(=O)NC2CC2)c1. The third-order valence-corrected chi connectivity index (χ3v) is 7.24. The third-order valence-electron chi connectivity index (χ3n) is 5.24. The number of hydrogen-bond acceptors (Lipinski definition) is 4. The average molecular weight is 467 g/mol. The molecule has 1 saturated carbocycles. The maximum Gasteiger partial charge on any atom is 0.255 e. The summed E-state index contributed by atoms with van der Waals surface area (Å²) in [4.78, 5) is 17.0. The smallest absolute Gasteiger partial charge is 0.255 e. The first-order chi connectivity index (χ1) is 15.4. The van der Waals surface area contributed by atoms with Crippen LogP contribution >= 0.6 is 11.6 Å². The van der Waals surface area contributed by atoms with E-state index in [2.05, 4.69) is 15.0 Å². The summed E-state index contributed by atoms with van der Waals surface area (Å²) >= 11 is 6.10. The summed E-state index contributed by atoms with van der Waals surface area (Å²) in [6, 6.07) is 19.3. The highest BCUT2D eigenvalue weighted by Gasteiger charge is 2.29. The zero-order valence-electron chi connectivity index (χ0n) is 16.8. The van der Waals surface area contributed by atoms with E-state index in [1.807, 2.05) is 41.0 Å². The molecule has 0 unspecified atom stereocenters. The lowest BCUT2D eigenvalue weighted by atomic mass is 10.2. The number of hydrogen-bond donors (Lipinski definition) is 2. The summed E-state index contributed by atoms with van der Waals surface area (Å²) in [6.45, 7) is 0. The highest BCUT2D eigenvalue weighted by atomic mass is 35.5. The molecule has 0 saturated heterocycles. The molecular formula is C23H19ClN4O3S. The predicted molar refractivity (Wildman–Crippen MR) is 124 cm³/mol. The Bertz CT molecular complexity index is 1430. The van der Waals surface area contributed by atoms with Gasteiger partial charge in [0.15, 0.2) is 0 Å². The molecule has 5 rings (SSSR count). The van der Waals surface area contributed by atoms with E-state index in [-0.39, 0.29) is 21.5 Å². The number of anilines is 1. The van der Waals surface area contributed by atoms with Crippen LogP contribution in [0.3, 0.4) is 0 Å². The molecule has 3 aromatic carbocycles. The second-order valence-corrected chi connectivity index (χ2v) is 9.73. The number of sulfonamides is 1. The summed E-state index contributed by atoms with van der Waals surface area (Å²) in [7, 11) is -3.78. The van der Waals surface area contributed by atoms with Crippen LogP contribution in [0.25, 0.3) is 16.7 Å². The molecule has 4 aromatic rings. The van der Waals surface area contributed by atoms with Crippen LogP contribution in [-0.4, -0.2) is 29.9 Å². The number of carbonyl (C=O) groups excluding carboxylic acids is 1. The first-order valence-corrected chi connectivity index (χ1v) is 11.9. The molecule has 0 radical (unpaired) electrons. The van der Waals surface area contributed by atoms with Crippen LogP contribution in [0, 0.1) is 0 Å². The first kappa shape index (κ1) is 20.7. The van der Waals surface area contributed by atoms with Crippen molar-refractivity contribution in [3.05, 3.63) is 83.6 Å². The molecule has 9 heteroatoms. The molecule has 1 heterocycles. The minimum absolute atomic E-state index is 0.0559. The van der Waals surface area contributed by atoms with E-state index in [1.54, 1.807) is 18.5 Å². The van der Waals surface area contributed by atoms with Crippen molar-refractivity contribution in [2.24, 2.45) is 0 Å². The van der Waals surface area contributed by atoms with E-state index in [0.29, 0.717) is 5.69 Å². The molecule has 0 aliphatic heterocycles. The second-order valence-electron chi connectivity index (χ2n) is 7.65. The summed E-state index contributed by atoms with van der Waals surface area (Å²) in [6.07, 6.45) is 3.37. The normalized spacial score (nSPS) is 13.9. The van der Waals surface area contributed by atoms with Crippen LogP contribution in [0.5, 0.6) is 0 Å². The van der Waals surface area contributed by atoms with Gasteiger partial charge in [0, 0.05) is 23.0 Å². The monoisotopic (exact) mass is 466 g/mol. The van der Waals surface area contributed by atoms with E-state index >= 15 is 0 Å². The molecule has 7 nitrogen and oxygen atoms in total. The van der Waals surface area contributed by atoms with Gasteiger partial charge < -0.3 is 5.32 Å². The fourth-order valence-electron chi connectivity index (χ4n) is 3.41. The lowest BCUT2D eigenvalue weighted by Gasteiger charge is -2.11. The largest absolute Gasteiger partial charge is 0.322 e. The standard InChI is InChI=1S/C23H19ClN4O3S/c24-19-12-5-15(13-22(19)32(30,31)27-17-6-7-17)23(29)26-16-8-10-18(11-9-16)28-14-25-20-3-1-2-4-21(20)28/h1-5,8-14,17,27H,6-7H2,(H,26,29). The van der Waals surface area contributed by atoms with E-state index in [4.69, 9.17) is 11.6 Å². The second kappa shape index (κ2) is 8.05. The van der Waals surface area contributed by atoms with Crippen molar-refractivity contribution in [3.8, 4) is 5.69 Å². The molecule has 1 aliphatic rings. The van der Waals surface area contributed by atoms with Crippen molar-refractivity contribution in [1.82, 2.24) is 14.3 Å². The van der Waals surface area contributed by atoms with Gasteiger partial charge in [0.1, 0.15) is 11.2 Å². The Morgan fingerprint density at radius 1 is 1.03 bits per heavy atom. The van der Waals surface area contributed by atoms with Gasteiger partial charge in [-0.2, -0.15) is 0 Å². The molecule has 1 aromatic heterocycles. The minimum atomic E-state index is -3.78. The predicted octanol–water partition coefficient (Wildman–Crippen LogP) is 4.37. The van der Waals surface area contributed by atoms with E-state index in [1.165, 1.54) is 18.2 Å². The highest BCUT2D eigenvalue weighted by Crippen LogP contribution is 2.27. The maximum atomic E-state index is 12.7. The van der Waals surface area contributed by atoms with Crippen molar-refractivity contribution in [1.29, 1.82) is 0 Å². The van der Waals surface area contributed by atoms with Crippen LogP contribution in [0.15, 0.2) is 78.0 Å². The third kappa shape index (κ3) is 4.12. The fraction of sp³-hybridized carbons (Fsp3) is 0.130. The number of rotatable bonds is 6. The fourth-order valence-corrected chi connectivity index (χ4v) is 5.24. The molecule has 2 N–H and O–H groups in total. The van der Waals surface area contributed by atoms with E-state index < -0.39 is 15.9 Å². The first-order valence-electron chi connectivity index (χ1n) is 10.1. The molecule has 0 spiro atoms. The summed E-state index contributed by atoms with van der Waals surface area (Å²) in [5.74, 6) is -0.426. The van der Waals surface area contributed by atoms with Crippen molar-refractivity contribution < 1.29 is 13.2 Å². The molecule has 32 heavy (non-hydrogen) atoms. The van der Waals surface area contributed by atoms with Gasteiger partial charge in [-0.1, -0.05) is 23.7 Å². The average Bonchev–Trinajstić information content (AvgIpc) is 3.48. The Morgan fingerprint density at radius 2 is 1.78 bits per heavy atom. The zero-order chi connectivity index (χ0) is 22.3. The quantitative estimate of drug-likeness (QED) is 0.441. The Labute approximate surface area is 190 Å². The van der Waals surface area contributed by atoms with Gasteiger partial charge in [-0.15, -0.1) is 0 Å². The number of carbonyl (C=O) groups is 1. The highest BCUT2D eigenvalue weighted by molar-refractivity contribution is 7.89. The van der Waals surface area contributed by atoms with E-state index in [9.17, 15) is 13.2 Å². The number of amides is 1. The van der Waals surface area contributed by atoms with Crippen molar-refractivity contribution in [2.45, 2.75) is 23.8 Å². The minimum Gasteiger partial charge on any atom is -0.322 e. The summed E-state index contributed by atoms with van der Waals surface area (Å²) in [5.41, 5.74) is 3.57.